The first-order valence-corrected chi connectivity index (χ1v) is 19.5. The number of hydrogen-bond acceptors (Lipinski definition) is 2. The van der Waals surface area contributed by atoms with Gasteiger partial charge in [0, 0.05) is 44.3 Å². The molecule has 0 saturated carbocycles. The Hall–Kier alpha value is -6.52. The smallest absolute Gasteiger partial charge is 0.0737 e. The third-order valence-corrected chi connectivity index (χ3v) is 11.4. The number of nitrogens with zero attached hydrogens (tertiary/aromatic N) is 2. The Balaban J connectivity index is 1.52. The van der Waals surface area contributed by atoms with Gasteiger partial charge in [0.15, 0.2) is 0 Å². The van der Waals surface area contributed by atoms with Gasteiger partial charge in [0.1, 0.15) is 0 Å². The quantitative estimate of drug-likeness (QED) is 0.190. The molecule has 0 atom stereocenters. The average Bonchev–Trinajstić information content (AvgIpc) is 4.01. The molecule has 5 heterocycles. The van der Waals surface area contributed by atoms with E-state index in [1.807, 2.05) is 0 Å². The van der Waals surface area contributed by atoms with E-state index in [2.05, 4.69) is 187 Å². The molecule has 2 aliphatic heterocycles. The Morgan fingerprint density at radius 2 is 0.536 bits per heavy atom. The highest BCUT2D eigenvalue weighted by atomic mass is 14.8. The van der Waals surface area contributed by atoms with Gasteiger partial charge >= 0.3 is 0 Å². The first-order chi connectivity index (χ1) is 27.0. The standard InChI is InChI=1S/C52H46N4/c1-29-9-13-33(5)37(25-29)49-41-17-19-43(53-41)50(38-26-30(2)10-14-34(38)6)45-21-23-47(55-45)52(40-28-32(4)12-16-36(40)8)48-24-22-46(56-48)51(44-20-18-42(49)54-44)39-27-31(3)11-15-35(39)7/h9-28,53,56H,1-8H3. The van der Waals surface area contributed by atoms with Crippen molar-refractivity contribution < 1.29 is 0 Å². The van der Waals surface area contributed by atoms with Gasteiger partial charge in [-0.25, -0.2) is 9.97 Å². The summed E-state index contributed by atoms with van der Waals surface area (Å²) in [7, 11) is 0. The lowest BCUT2D eigenvalue weighted by Gasteiger charge is -2.11. The van der Waals surface area contributed by atoms with E-state index in [9.17, 15) is 0 Å². The van der Waals surface area contributed by atoms with Crippen molar-refractivity contribution in [1.82, 2.24) is 19.9 Å². The predicted molar refractivity (Wildman–Crippen MR) is 238 cm³/mol. The van der Waals surface area contributed by atoms with Crippen LogP contribution in [0.3, 0.4) is 0 Å². The third kappa shape index (κ3) is 6.12. The molecule has 7 aromatic rings. The summed E-state index contributed by atoms with van der Waals surface area (Å²) in [5.41, 5.74) is 26.3. The molecule has 274 valence electrons. The zero-order valence-electron chi connectivity index (χ0n) is 33.4. The fraction of sp³-hybridized carbons (Fsp3) is 0.154. The zero-order valence-corrected chi connectivity index (χ0v) is 33.4. The number of fused-ring (bicyclic) bond motifs is 8. The number of aromatic nitrogens is 4. The minimum atomic E-state index is 0.924. The van der Waals surface area contributed by atoms with Gasteiger partial charge < -0.3 is 9.97 Å². The second-order valence-electron chi connectivity index (χ2n) is 15.8. The van der Waals surface area contributed by atoms with Gasteiger partial charge in [0.25, 0.3) is 0 Å². The molecule has 56 heavy (non-hydrogen) atoms. The highest BCUT2D eigenvalue weighted by Crippen LogP contribution is 2.41. The molecule has 2 N–H and O–H groups in total. The summed E-state index contributed by atoms with van der Waals surface area (Å²) in [4.78, 5) is 18.9. The van der Waals surface area contributed by atoms with Crippen molar-refractivity contribution in [2.75, 3.05) is 0 Å². The summed E-state index contributed by atoms with van der Waals surface area (Å²) in [5.74, 6) is 0. The molecular weight excluding hydrogens is 681 g/mol. The Bertz CT molecular complexity index is 2600. The van der Waals surface area contributed by atoms with E-state index in [1.165, 1.54) is 44.5 Å². The summed E-state index contributed by atoms with van der Waals surface area (Å²) in [6, 6.07) is 35.6. The molecule has 0 spiro atoms. The summed E-state index contributed by atoms with van der Waals surface area (Å²) in [5, 5.41) is 0. The maximum atomic E-state index is 5.54. The van der Waals surface area contributed by atoms with Crippen molar-refractivity contribution in [2.45, 2.75) is 55.4 Å². The van der Waals surface area contributed by atoms with Gasteiger partial charge in [-0.1, -0.05) is 95.1 Å². The van der Waals surface area contributed by atoms with Gasteiger partial charge in [-0.2, -0.15) is 0 Å². The van der Waals surface area contributed by atoms with Gasteiger partial charge in [-0.15, -0.1) is 0 Å². The number of aromatic amines is 2. The van der Waals surface area contributed by atoms with Crippen molar-refractivity contribution in [3.8, 4) is 44.5 Å². The number of benzene rings is 4. The van der Waals surface area contributed by atoms with Crippen LogP contribution in [0.4, 0.5) is 0 Å². The van der Waals surface area contributed by atoms with Crippen LogP contribution in [0.1, 0.15) is 67.3 Å². The largest absolute Gasteiger partial charge is 0.354 e. The second kappa shape index (κ2) is 13.6. The van der Waals surface area contributed by atoms with Gasteiger partial charge in [-0.3, -0.25) is 0 Å². The first-order valence-electron chi connectivity index (χ1n) is 19.5. The molecular formula is C52H46N4. The van der Waals surface area contributed by atoms with Crippen LogP contribution in [0, 0.1) is 55.4 Å². The molecule has 4 nitrogen and oxygen atoms in total. The van der Waals surface area contributed by atoms with Crippen LogP contribution in [0.25, 0.3) is 90.9 Å². The van der Waals surface area contributed by atoms with Gasteiger partial charge in [-0.05, 0) is 148 Å². The Morgan fingerprint density at radius 3 is 0.768 bits per heavy atom. The van der Waals surface area contributed by atoms with Crippen LogP contribution >= 0.6 is 0 Å². The Kier molecular flexibility index (Phi) is 8.58. The maximum Gasteiger partial charge on any atom is 0.0737 e. The lowest BCUT2D eigenvalue weighted by atomic mass is 9.97. The van der Waals surface area contributed by atoms with Gasteiger partial charge in [0.05, 0.1) is 22.8 Å². The van der Waals surface area contributed by atoms with E-state index in [1.54, 1.807) is 0 Å². The molecule has 4 aromatic carbocycles. The van der Waals surface area contributed by atoms with Crippen LogP contribution in [-0.2, 0) is 0 Å². The fourth-order valence-corrected chi connectivity index (χ4v) is 8.36. The van der Waals surface area contributed by atoms with E-state index < -0.39 is 0 Å². The topological polar surface area (TPSA) is 57.4 Å². The molecule has 8 bridgehead atoms. The molecule has 0 unspecified atom stereocenters. The summed E-state index contributed by atoms with van der Waals surface area (Å²) >= 11 is 0. The van der Waals surface area contributed by atoms with E-state index in [4.69, 9.17) is 9.97 Å². The van der Waals surface area contributed by atoms with Crippen LogP contribution in [0.15, 0.2) is 97.1 Å². The molecule has 0 aliphatic carbocycles. The number of rotatable bonds is 4. The summed E-state index contributed by atoms with van der Waals surface area (Å²) in [6.07, 6.45) is 8.75. The monoisotopic (exact) mass is 726 g/mol. The van der Waals surface area contributed by atoms with Crippen LogP contribution in [0.5, 0.6) is 0 Å². The Labute approximate surface area is 329 Å². The van der Waals surface area contributed by atoms with E-state index in [0.717, 1.165) is 89.4 Å². The van der Waals surface area contributed by atoms with Crippen molar-refractivity contribution in [1.29, 1.82) is 0 Å². The molecule has 0 fully saturated rings. The first kappa shape index (κ1) is 35.2. The highest BCUT2D eigenvalue weighted by molar-refractivity contribution is 6.01. The maximum absolute atomic E-state index is 5.54. The minimum absolute atomic E-state index is 0.924. The number of hydrogen-bond donors (Lipinski definition) is 2. The highest BCUT2D eigenvalue weighted by Gasteiger charge is 2.21. The normalized spacial score (nSPS) is 12.1. The summed E-state index contributed by atoms with van der Waals surface area (Å²) < 4.78 is 0. The lowest BCUT2D eigenvalue weighted by molar-refractivity contribution is 1.29. The van der Waals surface area contributed by atoms with Crippen molar-refractivity contribution >= 4 is 46.4 Å². The molecule has 0 saturated heterocycles. The lowest BCUT2D eigenvalue weighted by Crippen LogP contribution is -1.93. The van der Waals surface area contributed by atoms with E-state index in [-0.39, 0.29) is 0 Å². The van der Waals surface area contributed by atoms with Gasteiger partial charge in [0.2, 0.25) is 0 Å². The number of aryl methyl sites for hydroxylation is 8. The van der Waals surface area contributed by atoms with Crippen molar-refractivity contribution in [2.24, 2.45) is 0 Å². The van der Waals surface area contributed by atoms with Crippen molar-refractivity contribution in [3.05, 3.63) is 164 Å². The van der Waals surface area contributed by atoms with E-state index in [0.29, 0.717) is 0 Å². The summed E-state index contributed by atoms with van der Waals surface area (Å²) in [6.45, 7) is 17.4. The molecule has 0 radical (unpaired) electrons. The SMILES string of the molecule is Cc1ccc(C)c(-c2c3nc(c(-c4cc(C)ccc4C)c4ccc([nH]4)c(-c4cc(C)ccc4C)c4nc(c(-c5cc(C)ccc5C)c5ccc2[nH]5)C=C4)C=C3)c1. The molecule has 9 rings (SSSR count). The zero-order chi connectivity index (χ0) is 38.8. The van der Waals surface area contributed by atoms with E-state index >= 15 is 0 Å². The van der Waals surface area contributed by atoms with Crippen LogP contribution < -0.4 is 0 Å². The minimum Gasteiger partial charge on any atom is -0.354 e. The third-order valence-electron chi connectivity index (χ3n) is 11.4. The molecule has 2 aliphatic rings. The van der Waals surface area contributed by atoms with Crippen LogP contribution in [-0.4, -0.2) is 19.9 Å². The average molecular weight is 727 g/mol. The second-order valence-corrected chi connectivity index (χ2v) is 15.8. The fourth-order valence-electron chi connectivity index (χ4n) is 8.36. The molecule has 3 aromatic heterocycles. The van der Waals surface area contributed by atoms with Crippen molar-refractivity contribution in [3.63, 3.8) is 0 Å². The number of H-pyrrole nitrogens is 2. The molecule has 4 heteroatoms. The Morgan fingerprint density at radius 1 is 0.304 bits per heavy atom. The predicted octanol–water partition coefficient (Wildman–Crippen LogP) is 13.8. The number of nitrogens with one attached hydrogen (secondary N) is 2. The van der Waals surface area contributed by atoms with Crippen LogP contribution in [0.2, 0.25) is 0 Å². The molecule has 0 amide bonds.